The number of rotatable bonds is 16. The van der Waals surface area contributed by atoms with Gasteiger partial charge in [-0.1, -0.05) is 12.2 Å². The highest BCUT2D eigenvalue weighted by Gasteiger charge is 2.52. The minimum atomic E-state index is -2.45. The number of alkyl halides is 2. The molecule has 50 heavy (non-hydrogen) atoms. The Morgan fingerprint density at radius 3 is 2.22 bits per heavy atom. The molecule has 10 atom stereocenters. The lowest BCUT2D eigenvalue weighted by Crippen LogP contribution is -2.31. The Kier molecular flexibility index (Phi) is 13.3. The lowest BCUT2D eigenvalue weighted by Gasteiger charge is -2.16. The van der Waals surface area contributed by atoms with Gasteiger partial charge in [0.1, 0.15) is 48.7 Å². The highest BCUT2D eigenvalue weighted by molar-refractivity contribution is 8.39. The topological polar surface area (TPSA) is 222 Å². The zero-order chi connectivity index (χ0) is 35.9. The van der Waals surface area contributed by atoms with Gasteiger partial charge >= 0.3 is 14.5 Å². The summed E-state index contributed by atoms with van der Waals surface area (Å²) in [5.74, 6) is 0.904. The number of aromatic nitrogens is 6. The Morgan fingerprint density at radius 1 is 1.02 bits per heavy atom. The first-order valence-corrected chi connectivity index (χ1v) is 19.6. The van der Waals surface area contributed by atoms with Crippen LogP contribution in [0.2, 0.25) is 0 Å². The second-order valence-corrected chi connectivity index (χ2v) is 14.0. The number of hydrogen-bond donors (Lipinski definition) is 6. The minimum Gasteiger partial charge on any atom is -0.394 e. The molecule has 18 nitrogen and oxygen atoms in total. The molecule has 3 aromatic heterocycles. The maximum absolute atomic E-state index is 15.3. The van der Waals surface area contributed by atoms with E-state index in [2.05, 4.69) is 71.8 Å². The van der Waals surface area contributed by atoms with Gasteiger partial charge in [0, 0.05) is 20.1 Å². The van der Waals surface area contributed by atoms with Crippen LogP contribution in [0.25, 0.3) is 11.2 Å². The van der Waals surface area contributed by atoms with Crippen LogP contribution in [0.4, 0.5) is 20.4 Å². The van der Waals surface area contributed by atoms with Gasteiger partial charge in [0.2, 0.25) is 0 Å². The van der Waals surface area contributed by atoms with Gasteiger partial charge in [0.15, 0.2) is 65.6 Å². The van der Waals surface area contributed by atoms with Crippen LogP contribution in [0.3, 0.4) is 0 Å². The van der Waals surface area contributed by atoms with Crippen molar-refractivity contribution in [3.05, 3.63) is 36.8 Å². The van der Waals surface area contributed by atoms with E-state index in [1.54, 1.807) is 7.05 Å². The molecular weight excluding hydrogens is 744 g/mol. The molecule has 0 spiro atoms. The van der Waals surface area contributed by atoms with E-state index >= 15 is 8.78 Å². The Labute approximate surface area is 295 Å². The van der Waals surface area contributed by atoms with Crippen LogP contribution < -0.4 is 10.6 Å². The smallest absolute Gasteiger partial charge is 0.394 e. The molecule has 270 valence electrons. The lowest BCUT2D eigenvalue weighted by atomic mass is 10.1. The SMILES string of the molecule is C=Nc1c(C(=NC)NC/C=C/CCNc2ncnc3c2ncn3[C@@H]2OC(CO)[C@@H](O[P+](=O)S)[C@H]2F)ncn1C1OC(CO)[C@@H](O[P+](=O)S)[C@H]1F. The molecule has 0 amide bonds. The van der Waals surface area contributed by atoms with E-state index in [9.17, 15) is 19.3 Å². The van der Waals surface area contributed by atoms with Crippen molar-refractivity contribution in [1.29, 1.82) is 0 Å². The molecule has 5 unspecified atom stereocenters. The van der Waals surface area contributed by atoms with E-state index in [4.69, 9.17) is 18.5 Å². The number of hydrogen-bond acceptors (Lipinski definition) is 15. The first-order chi connectivity index (χ1) is 24.1. The van der Waals surface area contributed by atoms with Crippen molar-refractivity contribution >= 4 is 74.3 Å². The largest absolute Gasteiger partial charge is 0.582 e. The average Bonchev–Trinajstić information content (AvgIpc) is 3.86. The zero-order valence-corrected chi connectivity index (χ0v) is 29.8. The van der Waals surface area contributed by atoms with Crippen LogP contribution in [-0.2, 0) is 27.7 Å². The third-order valence-electron chi connectivity index (χ3n) is 7.75. The van der Waals surface area contributed by atoms with E-state index in [0.717, 1.165) is 0 Å². The van der Waals surface area contributed by atoms with Crippen molar-refractivity contribution < 1.29 is 46.6 Å². The molecule has 0 bridgehead atoms. The minimum absolute atomic E-state index is 0.155. The summed E-state index contributed by atoms with van der Waals surface area (Å²) in [5, 5.41) is 25.5. The molecule has 24 heteroatoms. The van der Waals surface area contributed by atoms with Crippen LogP contribution in [0.15, 0.2) is 41.1 Å². The molecule has 0 saturated carbocycles. The number of imidazole rings is 2. The lowest BCUT2D eigenvalue weighted by molar-refractivity contribution is -0.0435. The monoisotopic (exact) mass is 778 g/mol. The molecule has 2 saturated heterocycles. The fraction of sp³-hybridized carbons (Fsp3) is 0.538. The number of halogens is 2. The quantitative estimate of drug-likeness (QED) is 0.0308. The second-order valence-electron chi connectivity index (χ2n) is 10.7. The highest BCUT2D eigenvalue weighted by Crippen LogP contribution is 2.43. The summed E-state index contributed by atoms with van der Waals surface area (Å²) in [6.45, 7) is 3.24. The number of ether oxygens (including phenoxy) is 2. The van der Waals surface area contributed by atoms with Gasteiger partial charge in [0.25, 0.3) is 0 Å². The second kappa shape index (κ2) is 17.5. The number of nitrogens with one attached hydrogen (secondary N) is 2. The van der Waals surface area contributed by atoms with Crippen molar-refractivity contribution in [3.63, 3.8) is 0 Å². The molecule has 0 aromatic carbocycles. The Bertz CT molecular complexity index is 1760. The predicted molar refractivity (Wildman–Crippen MR) is 184 cm³/mol. The summed E-state index contributed by atoms with van der Waals surface area (Å²) < 4.78 is 77.5. The maximum atomic E-state index is 15.3. The first kappa shape index (κ1) is 38.2. The van der Waals surface area contributed by atoms with E-state index < -0.39 is 76.9 Å². The predicted octanol–water partition coefficient (Wildman–Crippen LogP) is 2.78. The van der Waals surface area contributed by atoms with Gasteiger partial charge in [-0.2, -0.15) is 0 Å². The molecule has 2 aliphatic heterocycles. The van der Waals surface area contributed by atoms with Crippen molar-refractivity contribution in [2.24, 2.45) is 9.98 Å². The van der Waals surface area contributed by atoms with Crippen molar-refractivity contribution in [2.45, 2.75) is 55.6 Å². The highest BCUT2D eigenvalue weighted by atomic mass is 32.7. The van der Waals surface area contributed by atoms with E-state index in [1.807, 2.05) is 12.2 Å². The standard InChI is InChI=1S/C26H32F2N10O8P2S2/c1-29-21(17-23(30-2)37(11-35-17)25-15(27)19(45-47(41)49)13(8-39)43-25)31-6-4-3-5-7-32-22-18-24(34-10-33-22)38(12-36-18)26-16(28)20(46-48(42)50)14(9-40)44-26/h3-4,10-16,19-20,25-26,39-40H,2,5-9H2,1H3,(H2-2,29,31,32,33,34,41,42,49,50)/p+2/b4-3+/t13?,14?,15-,16-,19-,20-,25?,26-/m1/s1. The summed E-state index contributed by atoms with van der Waals surface area (Å²) in [6, 6.07) is 0. The van der Waals surface area contributed by atoms with Gasteiger partial charge in [-0.3, -0.25) is 14.1 Å². The molecule has 5 heterocycles. The van der Waals surface area contributed by atoms with Crippen LogP contribution in [0, 0.1) is 0 Å². The average molecular weight is 779 g/mol. The van der Waals surface area contributed by atoms with E-state index in [-0.39, 0.29) is 17.2 Å². The fourth-order valence-corrected chi connectivity index (χ4v) is 7.10. The molecular formula is C26H34F2N10O8P2S2+2. The summed E-state index contributed by atoms with van der Waals surface area (Å²) in [6.07, 6.45) is -2.61. The van der Waals surface area contributed by atoms with Crippen molar-refractivity contribution in [2.75, 3.05) is 38.7 Å². The van der Waals surface area contributed by atoms with Gasteiger partial charge in [-0.05, 0) is 22.3 Å². The van der Waals surface area contributed by atoms with Crippen molar-refractivity contribution in [1.82, 2.24) is 34.4 Å². The number of thiol groups is 2. The number of aliphatic imine (C=N–C) groups is 2. The van der Waals surface area contributed by atoms with Crippen LogP contribution in [-0.4, -0.2) is 122 Å². The molecule has 0 aliphatic carbocycles. The van der Waals surface area contributed by atoms with E-state index in [0.29, 0.717) is 36.7 Å². The van der Waals surface area contributed by atoms with Crippen molar-refractivity contribution in [3.8, 4) is 0 Å². The molecule has 3 aromatic rings. The number of fused-ring (bicyclic) bond motifs is 1. The zero-order valence-electron chi connectivity index (χ0n) is 26.2. The van der Waals surface area contributed by atoms with Gasteiger partial charge in [-0.15, -0.1) is 9.05 Å². The van der Waals surface area contributed by atoms with Crippen LogP contribution in [0.5, 0.6) is 0 Å². The normalized spacial score (nSPS) is 27.7. The molecule has 2 aliphatic rings. The fourth-order valence-electron chi connectivity index (χ4n) is 5.52. The van der Waals surface area contributed by atoms with Gasteiger partial charge in [0.05, 0.1) is 25.9 Å². The number of aliphatic hydroxyl groups is 2. The maximum Gasteiger partial charge on any atom is 0.582 e. The number of nitrogens with zero attached hydrogens (tertiary/aromatic N) is 8. The Morgan fingerprint density at radius 2 is 1.64 bits per heavy atom. The molecule has 2 fully saturated rings. The summed E-state index contributed by atoms with van der Waals surface area (Å²) >= 11 is 7.35. The molecule has 4 N–H and O–H groups in total. The van der Waals surface area contributed by atoms with Gasteiger partial charge < -0.3 is 30.3 Å². The Balaban J connectivity index is 1.15. The molecule has 0 radical (unpaired) electrons. The molecule has 5 rings (SSSR count). The van der Waals surface area contributed by atoms with E-state index in [1.165, 1.54) is 28.1 Å². The van der Waals surface area contributed by atoms with Crippen LogP contribution >= 0.6 is 39.0 Å². The number of aliphatic hydroxyl groups excluding tert-OH is 2. The summed E-state index contributed by atoms with van der Waals surface area (Å²) in [7, 11) is -3.34. The van der Waals surface area contributed by atoms with Crippen LogP contribution in [0.1, 0.15) is 24.6 Å². The first-order valence-electron chi connectivity index (χ1n) is 14.9. The summed E-state index contributed by atoms with van der Waals surface area (Å²) in [4.78, 5) is 25.3. The third-order valence-corrected chi connectivity index (χ3v) is 9.16. The third kappa shape index (κ3) is 8.20. The van der Waals surface area contributed by atoms with Gasteiger partial charge in [-0.25, -0.2) is 33.7 Å². The number of anilines is 1. The number of amidine groups is 1. The summed E-state index contributed by atoms with van der Waals surface area (Å²) in [5.41, 5.74) is 0.922. The Hall–Kier alpha value is -3.04.